The molecule has 3 rings (SSSR count). The number of nitrogens with zero attached hydrogens (tertiary/aromatic N) is 3. The van der Waals surface area contributed by atoms with E-state index in [0.29, 0.717) is 6.54 Å². The summed E-state index contributed by atoms with van der Waals surface area (Å²) in [6.45, 7) is 3.21. The molecule has 1 aromatic carbocycles. The lowest BCUT2D eigenvalue weighted by Crippen LogP contribution is -2.42. The van der Waals surface area contributed by atoms with Crippen molar-refractivity contribution in [3.8, 4) is 0 Å². The molecular weight excluding hydrogens is 270 g/mol. The smallest absolute Gasteiger partial charge is 0.341 e. The third-order valence-corrected chi connectivity index (χ3v) is 3.78. The van der Waals surface area contributed by atoms with E-state index in [0.717, 1.165) is 17.8 Å². The summed E-state index contributed by atoms with van der Waals surface area (Å²) in [6, 6.07) is 8.02. The molecule has 7 nitrogen and oxygen atoms in total. The summed E-state index contributed by atoms with van der Waals surface area (Å²) < 4.78 is 0. The van der Waals surface area contributed by atoms with Gasteiger partial charge in [0.1, 0.15) is 0 Å². The third-order valence-electron chi connectivity index (χ3n) is 3.78. The Morgan fingerprint density at radius 1 is 1.38 bits per heavy atom. The van der Waals surface area contributed by atoms with Gasteiger partial charge in [-0.3, -0.25) is 9.78 Å². The Hall–Kier alpha value is -2.57. The van der Waals surface area contributed by atoms with Crippen LogP contribution >= 0.6 is 0 Å². The van der Waals surface area contributed by atoms with Gasteiger partial charge >= 0.3 is 5.69 Å². The number of hydrogen-bond donors (Lipinski definition) is 2. The van der Waals surface area contributed by atoms with Crippen LogP contribution in [0.5, 0.6) is 0 Å². The average Bonchev–Trinajstić information content (AvgIpc) is 2.85. The fourth-order valence-electron chi connectivity index (χ4n) is 2.73. The maximum Gasteiger partial charge on any atom is 0.341 e. The average molecular weight is 287 g/mol. The number of fused-ring (bicyclic) bond motifs is 1. The van der Waals surface area contributed by atoms with E-state index < -0.39 is 5.69 Å². The number of amides is 1. The fraction of sp³-hybridized carbons (Fsp3) is 0.357. The summed E-state index contributed by atoms with van der Waals surface area (Å²) in [5.74, 6) is -0.222. The van der Waals surface area contributed by atoms with Crippen molar-refractivity contribution >= 4 is 11.6 Å². The summed E-state index contributed by atoms with van der Waals surface area (Å²) in [5, 5.41) is 5.96. The number of hydrogen-bond acceptors (Lipinski definition) is 4. The van der Waals surface area contributed by atoms with Gasteiger partial charge in [0.15, 0.2) is 0 Å². The molecule has 0 aliphatic carbocycles. The molecule has 1 atom stereocenters. The molecule has 0 spiro atoms. The van der Waals surface area contributed by atoms with E-state index >= 15 is 0 Å². The number of carbonyl (C=O) groups excluding carboxylic acids is 1. The van der Waals surface area contributed by atoms with Crippen LogP contribution in [0.2, 0.25) is 0 Å². The standard InChI is InChI=1S/C14H17N5O2/c1-9-7-18(2)11-6-4-3-5-10(11)8-19(9)13(20)12-15-14(21)17-16-12/h3-6,9H,7-8H2,1-2H3,(H2,15,16,17,21)/t9-/m0/s1. The van der Waals surface area contributed by atoms with Crippen molar-refractivity contribution in [2.75, 3.05) is 18.5 Å². The van der Waals surface area contributed by atoms with Gasteiger partial charge in [-0.2, -0.15) is 0 Å². The van der Waals surface area contributed by atoms with E-state index in [1.807, 2.05) is 38.2 Å². The highest BCUT2D eigenvalue weighted by molar-refractivity contribution is 5.90. The number of benzene rings is 1. The van der Waals surface area contributed by atoms with E-state index in [2.05, 4.69) is 20.1 Å². The highest BCUT2D eigenvalue weighted by atomic mass is 16.2. The molecule has 1 aliphatic rings. The van der Waals surface area contributed by atoms with Crippen molar-refractivity contribution in [1.82, 2.24) is 20.1 Å². The Morgan fingerprint density at radius 2 is 2.14 bits per heavy atom. The molecule has 0 radical (unpaired) electrons. The summed E-state index contributed by atoms with van der Waals surface area (Å²) in [5.41, 5.74) is 1.73. The zero-order valence-corrected chi connectivity index (χ0v) is 12.0. The Bertz CT molecular complexity index is 720. The second-order valence-electron chi connectivity index (χ2n) is 5.32. The van der Waals surface area contributed by atoms with Crippen LogP contribution in [-0.4, -0.2) is 45.6 Å². The van der Waals surface area contributed by atoms with Crippen LogP contribution in [0.1, 0.15) is 23.1 Å². The molecule has 0 bridgehead atoms. The van der Waals surface area contributed by atoms with Crippen LogP contribution in [0.25, 0.3) is 0 Å². The molecular formula is C14H17N5O2. The van der Waals surface area contributed by atoms with Gasteiger partial charge in [-0.1, -0.05) is 18.2 Å². The molecule has 0 saturated carbocycles. The van der Waals surface area contributed by atoms with Gasteiger partial charge in [0.25, 0.3) is 5.91 Å². The van der Waals surface area contributed by atoms with Gasteiger partial charge in [0, 0.05) is 31.9 Å². The minimum Gasteiger partial charge on any atom is -0.372 e. The molecule has 2 N–H and O–H groups in total. The quantitative estimate of drug-likeness (QED) is 0.803. The Labute approximate surface area is 121 Å². The normalized spacial score (nSPS) is 18.3. The number of likely N-dealkylation sites (N-methyl/N-ethyl adjacent to an activating group) is 1. The number of aromatic nitrogens is 3. The van der Waals surface area contributed by atoms with Crippen LogP contribution in [0.3, 0.4) is 0 Å². The van der Waals surface area contributed by atoms with E-state index in [1.165, 1.54) is 0 Å². The van der Waals surface area contributed by atoms with E-state index in [4.69, 9.17) is 0 Å². The Balaban J connectivity index is 1.96. The van der Waals surface area contributed by atoms with Crippen molar-refractivity contribution in [3.05, 3.63) is 46.1 Å². The van der Waals surface area contributed by atoms with E-state index in [9.17, 15) is 9.59 Å². The zero-order valence-electron chi connectivity index (χ0n) is 12.0. The van der Waals surface area contributed by atoms with Crippen LogP contribution in [0, 0.1) is 0 Å². The molecule has 2 aromatic rings. The number of carbonyl (C=O) groups is 1. The molecule has 1 amide bonds. The van der Waals surface area contributed by atoms with Gasteiger partial charge in [-0.15, -0.1) is 5.10 Å². The number of para-hydroxylation sites is 1. The molecule has 7 heteroatoms. The van der Waals surface area contributed by atoms with Crippen molar-refractivity contribution < 1.29 is 4.79 Å². The molecule has 0 unspecified atom stereocenters. The van der Waals surface area contributed by atoms with Gasteiger partial charge in [-0.25, -0.2) is 9.89 Å². The van der Waals surface area contributed by atoms with Crippen molar-refractivity contribution in [3.63, 3.8) is 0 Å². The first-order valence-corrected chi connectivity index (χ1v) is 6.81. The second-order valence-corrected chi connectivity index (χ2v) is 5.32. The Morgan fingerprint density at radius 3 is 2.86 bits per heavy atom. The highest BCUT2D eigenvalue weighted by Gasteiger charge is 2.29. The SMILES string of the molecule is C[C@H]1CN(C)c2ccccc2CN1C(=O)c1n[nH]c(=O)[nH]1. The van der Waals surface area contributed by atoms with Gasteiger partial charge < -0.3 is 9.80 Å². The first-order chi connectivity index (χ1) is 10.1. The topological polar surface area (TPSA) is 85.1 Å². The largest absolute Gasteiger partial charge is 0.372 e. The van der Waals surface area contributed by atoms with Gasteiger partial charge in [0.2, 0.25) is 5.82 Å². The summed E-state index contributed by atoms with van der Waals surface area (Å²) in [4.78, 5) is 30.0. The molecule has 0 saturated heterocycles. The van der Waals surface area contributed by atoms with Crippen LogP contribution in [0.15, 0.2) is 29.1 Å². The lowest BCUT2D eigenvalue weighted by Gasteiger charge is -2.27. The fourth-order valence-corrected chi connectivity index (χ4v) is 2.73. The van der Waals surface area contributed by atoms with Crippen LogP contribution in [-0.2, 0) is 6.54 Å². The van der Waals surface area contributed by atoms with Gasteiger partial charge in [0.05, 0.1) is 0 Å². The first kappa shape index (κ1) is 13.4. The number of rotatable bonds is 1. The second kappa shape index (κ2) is 5.08. The maximum absolute atomic E-state index is 12.5. The number of H-pyrrole nitrogens is 2. The zero-order chi connectivity index (χ0) is 15.0. The summed E-state index contributed by atoms with van der Waals surface area (Å²) >= 11 is 0. The Kier molecular flexibility index (Phi) is 3.25. The van der Waals surface area contributed by atoms with Crippen LogP contribution in [0.4, 0.5) is 5.69 Å². The summed E-state index contributed by atoms with van der Waals surface area (Å²) in [6.07, 6.45) is 0. The molecule has 1 aliphatic heterocycles. The molecule has 0 fully saturated rings. The maximum atomic E-state index is 12.5. The monoisotopic (exact) mass is 287 g/mol. The predicted molar refractivity (Wildman–Crippen MR) is 78.3 cm³/mol. The molecule has 2 heterocycles. The van der Waals surface area contributed by atoms with Crippen molar-refractivity contribution in [1.29, 1.82) is 0 Å². The number of anilines is 1. The molecule has 1 aromatic heterocycles. The van der Waals surface area contributed by atoms with E-state index in [-0.39, 0.29) is 17.8 Å². The van der Waals surface area contributed by atoms with Gasteiger partial charge in [-0.05, 0) is 18.6 Å². The highest BCUT2D eigenvalue weighted by Crippen LogP contribution is 2.26. The molecule has 21 heavy (non-hydrogen) atoms. The number of nitrogens with one attached hydrogen (secondary N) is 2. The van der Waals surface area contributed by atoms with Crippen LogP contribution < -0.4 is 10.6 Å². The number of aromatic amines is 2. The minimum absolute atomic E-state index is 0.00935. The summed E-state index contributed by atoms with van der Waals surface area (Å²) in [7, 11) is 2.01. The minimum atomic E-state index is -0.474. The lowest BCUT2D eigenvalue weighted by atomic mass is 10.1. The van der Waals surface area contributed by atoms with Crippen molar-refractivity contribution in [2.24, 2.45) is 0 Å². The predicted octanol–water partition coefficient (Wildman–Crippen LogP) is 0.579. The molecule has 110 valence electrons. The first-order valence-electron chi connectivity index (χ1n) is 6.81. The lowest BCUT2D eigenvalue weighted by molar-refractivity contribution is 0.0675. The van der Waals surface area contributed by atoms with Crippen molar-refractivity contribution in [2.45, 2.75) is 19.5 Å². The van der Waals surface area contributed by atoms with E-state index in [1.54, 1.807) is 4.90 Å². The third kappa shape index (κ3) is 2.42.